The molecule has 94 valence electrons. The van der Waals surface area contributed by atoms with E-state index in [1.165, 1.54) is 0 Å². The number of carbonyl (C=O) groups is 1. The molecule has 0 aliphatic carbocycles. The molecule has 0 aromatic heterocycles. The molecule has 0 aromatic carbocycles. The smallest absolute Gasteiger partial charge is 0.333 e. The fraction of sp³-hybridized carbons (Fsp3) is 0.769. The van der Waals surface area contributed by atoms with Crippen LogP contribution in [-0.2, 0) is 9.53 Å². The van der Waals surface area contributed by atoms with E-state index in [0.29, 0.717) is 5.57 Å². The summed E-state index contributed by atoms with van der Waals surface area (Å²) in [7, 11) is 0. The van der Waals surface area contributed by atoms with Crippen molar-refractivity contribution in [1.82, 2.24) is 0 Å². The van der Waals surface area contributed by atoms with Crippen molar-refractivity contribution in [3.05, 3.63) is 12.2 Å². The van der Waals surface area contributed by atoms with Crippen LogP contribution in [0.1, 0.15) is 46.5 Å². The highest BCUT2D eigenvalue weighted by Gasteiger charge is 2.23. The second-order valence-corrected chi connectivity index (χ2v) is 4.22. The van der Waals surface area contributed by atoms with Crippen LogP contribution < -0.4 is 0 Å². The zero-order valence-corrected chi connectivity index (χ0v) is 10.7. The van der Waals surface area contributed by atoms with Gasteiger partial charge in [0, 0.05) is 18.1 Å². The highest BCUT2D eigenvalue weighted by molar-refractivity contribution is 5.87. The van der Waals surface area contributed by atoms with E-state index in [1.807, 2.05) is 6.92 Å². The number of aliphatic hydroxyl groups is 1. The minimum Gasteiger partial charge on any atom is -0.459 e. The first-order chi connectivity index (χ1) is 7.56. The van der Waals surface area contributed by atoms with Gasteiger partial charge in [-0.1, -0.05) is 33.3 Å². The second-order valence-electron chi connectivity index (χ2n) is 4.22. The zero-order chi connectivity index (χ0) is 12.6. The van der Waals surface area contributed by atoms with E-state index >= 15 is 0 Å². The molecule has 0 heterocycles. The Balaban J connectivity index is 4.40. The Kier molecular flexibility index (Phi) is 7.90. The van der Waals surface area contributed by atoms with Crippen molar-refractivity contribution in [1.29, 1.82) is 0 Å². The molecule has 1 N–H and O–H groups in total. The highest BCUT2D eigenvalue weighted by atomic mass is 16.5. The summed E-state index contributed by atoms with van der Waals surface area (Å²) in [5, 5.41) is 9.23. The summed E-state index contributed by atoms with van der Waals surface area (Å²) in [6.07, 6.45) is 3.51. The Bertz CT molecular complexity index is 219. The molecule has 0 aliphatic heterocycles. The summed E-state index contributed by atoms with van der Waals surface area (Å²) in [5.74, 6) is -0.317. The number of ether oxygens (including phenoxy) is 1. The van der Waals surface area contributed by atoms with E-state index in [-0.39, 0.29) is 24.6 Å². The van der Waals surface area contributed by atoms with Gasteiger partial charge in [-0.2, -0.15) is 0 Å². The fourth-order valence-electron chi connectivity index (χ4n) is 1.54. The van der Waals surface area contributed by atoms with Crippen LogP contribution in [-0.4, -0.2) is 23.8 Å². The lowest BCUT2D eigenvalue weighted by Gasteiger charge is -2.24. The highest BCUT2D eigenvalue weighted by Crippen LogP contribution is 2.19. The van der Waals surface area contributed by atoms with E-state index in [4.69, 9.17) is 4.74 Å². The van der Waals surface area contributed by atoms with Gasteiger partial charge >= 0.3 is 5.97 Å². The van der Waals surface area contributed by atoms with Crippen LogP contribution in [0.15, 0.2) is 12.2 Å². The van der Waals surface area contributed by atoms with Gasteiger partial charge in [-0.25, -0.2) is 4.79 Å². The summed E-state index contributed by atoms with van der Waals surface area (Å²) >= 11 is 0. The molecule has 16 heavy (non-hydrogen) atoms. The molecule has 0 aromatic rings. The average Bonchev–Trinajstić information content (AvgIpc) is 2.26. The molecule has 0 aliphatic rings. The maximum atomic E-state index is 11.4. The molecule has 0 bridgehead atoms. The van der Waals surface area contributed by atoms with E-state index in [2.05, 4.69) is 13.5 Å². The quantitative estimate of drug-likeness (QED) is 0.513. The number of esters is 1. The second kappa shape index (κ2) is 8.34. The Morgan fingerprint density at radius 2 is 2.06 bits per heavy atom. The number of rotatable bonds is 8. The molecule has 3 heteroatoms. The molecule has 0 spiro atoms. The molecule has 0 saturated carbocycles. The third-order valence-corrected chi connectivity index (χ3v) is 2.73. The number of hydrogen-bond donors (Lipinski definition) is 1. The molecule has 2 unspecified atom stereocenters. The maximum Gasteiger partial charge on any atom is 0.333 e. The van der Waals surface area contributed by atoms with E-state index in [9.17, 15) is 9.90 Å². The number of carbonyl (C=O) groups excluding carboxylic acids is 1. The van der Waals surface area contributed by atoms with Gasteiger partial charge in [0.1, 0.15) is 6.10 Å². The van der Waals surface area contributed by atoms with Crippen molar-refractivity contribution in [2.45, 2.75) is 52.6 Å². The van der Waals surface area contributed by atoms with Crippen molar-refractivity contribution in [3.8, 4) is 0 Å². The van der Waals surface area contributed by atoms with Gasteiger partial charge in [-0.15, -0.1) is 0 Å². The lowest BCUT2D eigenvalue weighted by atomic mass is 9.96. The van der Waals surface area contributed by atoms with Crippen LogP contribution in [0.25, 0.3) is 0 Å². The van der Waals surface area contributed by atoms with E-state index < -0.39 is 0 Å². The van der Waals surface area contributed by atoms with Gasteiger partial charge in [0.2, 0.25) is 0 Å². The van der Waals surface area contributed by atoms with Gasteiger partial charge in [0.25, 0.3) is 0 Å². The Morgan fingerprint density at radius 1 is 1.44 bits per heavy atom. The third-order valence-electron chi connectivity index (χ3n) is 2.73. The summed E-state index contributed by atoms with van der Waals surface area (Å²) in [5.41, 5.74) is 0.411. The monoisotopic (exact) mass is 228 g/mol. The van der Waals surface area contributed by atoms with E-state index in [1.54, 1.807) is 6.92 Å². The number of hydrogen-bond acceptors (Lipinski definition) is 3. The molecule has 0 radical (unpaired) electrons. The lowest BCUT2D eigenvalue weighted by Crippen LogP contribution is -2.29. The number of unbranched alkanes of at least 4 members (excludes halogenated alkanes) is 1. The summed E-state index contributed by atoms with van der Waals surface area (Å²) in [4.78, 5) is 11.4. The summed E-state index contributed by atoms with van der Waals surface area (Å²) in [6.45, 7) is 9.35. The summed E-state index contributed by atoms with van der Waals surface area (Å²) in [6, 6.07) is 0. The largest absolute Gasteiger partial charge is 0.459 e. The Morgan fingerprint density at radius 3 is 2.44 bits per heavy atom. The first kappa shape index (κ1) is 15.2. The van der Waals surface area contributed by atoms with Crippen molar-refractivity contribution < 1.29 is 14.6 Å². The standard InChI is InChI=1S/C13H24O3/c1-5-7-8-12(11(6-2)9-14)16-13(15)10(3)4/h11-12,14H,3,5-9H2,1-2,4H3. The Labute approximate surface area is 98.5 Å². The maximum absolute atomic E-state index is 11.4. The molecule has 3 nitrogen and oxygen atoms in total. The zero-order valence-electron chi connectivity index (χ0n) is 10.7. The van der Waals surface area contributed by atoms with E-state index in [0.717, 1.165) is 25.7 Å². The van der Waals surface area contributed by atoms with Crippen LogP contribution in [0, 0.1) is 5.92 Å². The molecule has 0 fully saturated rings. The molecular formula is C13H24O3. The van der Waals surface area contributed by atoms with Crippen LogP contribution in [0.4, 0.5) is 0 Å². The Hall–Kier alpha value is -0.830. The van der Waals surface area contributed by atoms with Crippen LogP contribution >= 0.6 is 0 Å². The van der Waals surface area contributed by atoms with Gasteiger partial charge < -0.3 is 9.84 Å². The molecular weight excluding hydrogens is 204 g/mol. The molecule has 0 amide bonds. The first-order valence-electron chi connectivity index (χ1n) is 6.04. The predicted molar refractivity (Wildman–Crippen MR) is 65.1 cm³/mol. The van der Waals surface area contributed by atoms with Crippen molar-refractivity contribution >= 4 is 5.97 Å². The average molecular weight is 228 g/mol. The fourth-order valence-corrected chi connectivity index (χ4v) is 1.54. The minimum atomic E-state index is -0.354. The van der Waals surface area contributed by atoms with Crippen LogP contribution in [0.5, 0.6) is 0 Å². The van der Waals surface area contributed by atoms with Gasteiger partial charge in [0.15, 0.2) is 0 Å². The topological polar surface area (TPSA) is 46.5 Å². The third kappa shape index (κ3) is 5.31. The van der Waals surface area contributed by atoms with Crippen molar-refractivity contribution in [2.75, 3.05) is 6.61 Å². The van der Waals surface area contributed by atoms with Gasteiger partial charge in [0.05, 0.1) is 0 Å². The molecule has 0 rings (SSSR count). The molecule has 2 atom stereocenters. The van der Waals surface area contributed by atoms with Crippen molar-refractivity contribution in [3.63, 3.8) is 0 Å². The number of aliphatic hydroxyl groups excluding tert-OH is 1. The van der Waals surface area contributed by atoms with Gasteiger partial charge in [-0.3, -0.25) is 0 Å². The van der Waals surface area contributed by atoms with Crippen LogP contribution in [0.2, 0.25) is 0 Å². The van der Waals surface area contributed by atoms with Crippen molar-refractivity contribution in [2.24, 2.45) is 5.92 Å². The predicted octanol–water partition coefficient (Wildman–Crippen LogP) is 2.68. The molecule has 0 saturated heterocycles. The first-order valence-corrected chi connectivity index (χ1v) is 6.04. The SMILES string of the molecule is C=C(C)C(=O)OC(CCCC)C(CC)CO. The lowest BCUT2D eigenvalue weighted by molar-refractivity contribution is -0.148. The minimum absolute atomic E-state index is 0.0369. The summed E-state index contributed by atoms with van der Waals surface area (Å²) < 4.78 is 5.36. The van der Waals surface area contributed by atoms with Crippen LogP contribution in [0.3, 0.4) is 0 Å². The van der Waals surface area contributed by atoms with Gasteiger partial charge in [-0.05, 0) is 19.8 Å². The normalized spacial score (nSPS) is 14.2.